The summed E-state index contributed by atoms with van der Waals surface area (Å²) in [5.41, 5.74) is 0.893. The minimum atomic E-state index is -0.348. The monoisotopic (exact) mass is 460 g/mol. The van der Waals surface area contributed by atoms with Crippen LogP contribution in [-0.2, 0) is 11.3 Å². The molecule has 0 bridgehead atoms. The van der Waals surface area contributed by atoms with E-state index in [1.54, 1.807) is 54.7 Å². The standard InChI is InChI=1S/C26H24N2O4S/c1-28(16-20-10-7-13-33-20)25(29)17-32-24-15-19-9-4-3-8-18(19)14-21(24)26(30)27-22-11-5-6-12-23(22)31-2/h3-15H,16-17H2,1-2H3,(H,27,30). The molecule has 1 heterocycles. The van der Waals surface area contributed by atoms with Gasteiger partial charge in [-0.05, 0) is 46.5 Å². The van der Waals surface area contributed by atoms with Crippen LogP contribution in [-0.4, -0.2) is 37.5 Å². The Kier molecular flexibility index (Phi) is 6.90. The normalized spacial score (nSPS) is 10.6. The van der Waals surface area contributed by atoms with E-state index in [4.69, 9.17) is 9.47 Å². The first-order chi connectivity index (χ1) is 16.0. The van der Waals surface area contributed by atoms with E-state index in [0.29, 0.717) is 29.3 Å². The number of methoxy groups -OCH3 is 1. The summed E-state index contributed by atoms with van der Waals surface area (Å²) in [6.07, 6.45) is 0. The molecule has 0 aliphatic heterocycles. The molecule has 0 radical (unpaired) electrons. The number of rotatable bonds is 8. The number of para-hydroxylation sites is 2. The van der Waals surface area contributed by atoms with E-state index in [2.05, 4.69) is 5.32 Å². The fourth-order valence-corrected chi connectivity index (χ4v) is 4.19. The topological polar surface area (TPSA) is 67.9 Å². The molecule has 33 heavy (non-hydrogen) atoms. The number of fused-ring (bicyclic) bond motifs is 1. The first kappa shape index (κ1) is 22.4. The van der Waals surface area contributed by atoms with Gasteiger partial charge in [0, 0.05) is 11.9 Å². The summed E-state index contributed by atoms with van der Waals surface area (Å²) in [4.78, 5) is 28.6. The number of ether oxygens (including phenoxy) is 2. The number of carbonyl (C=O) groups is 2. The van der Waals surface area contributed by atoms with Gasteiger partial charge in [0.1, 0.15) is 11.5 Å². The zero-order chi connectivity index (χ0) is 23.2. The van der Waals surface area contributed by atoms with Gasteiger partial charge < -0.3 is 19.7 Å². The number of carbonyl (C=O) groups excluding carboxylic acids is 2. The number of likely N-dealkylation sites (N-methyl/N-ethyl adjacent to an activating group) is 1. The molecular weight excluding hydrogens is 436 g/mol. The molecule has 7 heteroatoms. The second-order valence-corrected chi connectivity index (χ2v) is 8.50. The van der Waals surface area contributed by atoms with Gasteiger partial charge in [-0.2, -0.15) is 0 Å². The summed E-state index contributed by atoms with van der Waals surface area (Å²) >= 11 is 1.60. The van der Waals surface area contributed by atoms with Crippen LogP contribution >= 0.6 is 11.3 Å². The largest absolute Gasteiger partial charge is 0.495 e. The average Bonchev–Trinajstić information content (AvgIpc) is 3.35. The van der Waals surface area contributed by atoms with Crippen molar-refractivity contribution in [3.63, 3.8) is 0 Å². The number of amides is 2. The zero-order valence-electron chi connectivity index (χ0n) is 18.4. The Balaban J connectivity index is 1.56. The fraction of sp³-hybridized carbons (Fsp3) is 0.154. The summed E-state index contributed by atoms with van der Waals surface area (Å²) in [6.45, 7) is 0.341. The highest BCUT2D eigenvalue weighted by atomic mass is 32.1. The summed E-state index contributed by atoms with van der Waals surface area (Å²) in [5, 5.41) is 6.68. The minimum absolute atomic E-state index is 0.171. The van der Waals surface area contributed by atoms with Crippen molar-refractivity contribution in [1.29, 1.82) is 0 Å². The Labute approximate surface area is 196 Å². The molecule has 1 N–H and O–H groups in total. The van der Waals surface area contributed by atoms with Crippen molar-refractivity contribution in [1.82, 2.24) is 4.90 Å². The van der Waals surface area contributed by atoms with Crippen molar-refractivity contribution in [2.45, 2.75) is 6.54 Å². The maximum atomic E-state index is 13.2. The first-order valence-electron chi connectivity index (χ1n) is 10.4. The van der Waals surface area contributed by atoms with Crippen LogP contribution in [0.3, 0.4) is 0 Å². The van der Waals surface area contributed by atoms with Crippen LogP contribution in [0.15, 0.2) is 78.2 Å². The lowest BCUT2D eigenvalue weighted by atomic mass is 10.1. The van der Waals surface area contributed by atoms with Gasteiger partial charge in [0.15, 0.2) is 6.61 Å². The Morgan fingerprint density at radius 1 is 0.939 bits per heavy atom. The number of nitrogens with zero attached hydrogens (tertiary/aromatic N) is 1. The molecule has 0 aliphatic rings. The van der Waals surface area contributed by atoms with Crippen molar-refractivity contribution in [2.75, 3.05) is 26.1 Å². The molecule has 0 saturated carbocycles. The third-order valence-electron chi connectivity index (χ3n) is 5.20. The zero-order valence-corrected chi connectivity index (χ0v) is 19.2. The summed E-state index contributed by atoms with van der Waals surface area (Å²) in [5.74, 6) is 0.380. The molecule has 0 atom stereocenters. The number of thiophene rings is 1. The van der Waals surface area contributed by atoms with Crippen LogP contribution in [0, 0.1) is 0 Å². The molecule has 6 nitrogen and oxygen atoms in total. The van der Waals surface area contributed by atoms with Crippen molar-refractivity contribution in [3.05, 3.63) is 88.6 Å². The number of anilines is 1. The lowest BCUT2D eigenvalue weighted by Gasteiger charge is -2.18. The van der Waals surface area contributed by atoms with Gasteiger partial charge in [-0.25, -0.2) is 0 Å². The van der Waals surface area contributed by atoms with E-state index in [0.717, 1.165) is 15.6 Å². The Morgan fingerprint density at radius 3 is 2.39 bits per heavy atom. The highest BCUT2D eigenvalue weighted by Gasteiger charge is 2.18. The highest BCUT2D eigenvalue weighted by molar-refractivity contribution is 7.09. The highest BCUT2D eigenvalue weighted by Crippen LogP contribution is 2.29. The predicted molar refractivity (Wildman–Crippen MR) is 131 cm³/mol. The molecule has 0 spiro atoms. The summed E-state index contributed by atoms with van der Waals surface area (Å²) in [6, 6.07) is 22.4. The molecular formula is C26H24N2O4S. The lowest BCUT2D eigenvalue weighted by Crippen LogP contribution is -2.31. The Bertz CT molecular complexity index is 1270. The quantitative estimate of drug-likeness (QED) is 0.392. The first-order valence-corrected chi connectivity index (χ1v) is 11.3. The molecule has 1 aromatic heterocycles. The number of benzene rings is 3. The Morgan fingerprint density at radius 2 is 1.67 bits per heavy atom. The molecule has 4 rings (SSSR count). The fourth-order valence-electron chi connectivity index (χ4n) is 3.43. The van der Waals surface area contributed by atoms with Gasteiger partial charge in [0.05, 0.1) is 24.9 Å². The minimum Gasteiger partial charge on any atom is -0.495 e. The van der Waals surface area contributed by atoms with E-state index in [1.807, 2.05) is 53.9 Å². The van der Waals surface area contributed by atoms with Crippen molar-refractivity contribution >= 4 is 39.6 Å². The molecule has 0 saturated heterocycles. The maximum absolute atomic E-state index is 13.2. The van der Waals surface area contributed by atoms with Crippen LogP contribution < -0.4 is 14.8 Å². The molecule has 168 valence electrons. The second kappa shape index (κ2) is 10.2. The number of nitrogens with one attached hydrogen (secondary N) is 1. The molecule has 3 aromatic carbocycles. The third-order valence-corrected chi connectivity index (χ3v) is 6.06. The third kappa shape index (κ3) is 5.32. The molecule has 0 aliphatic carbocycles. The summed E-state index contributed by atoms with van der Waals surface area (Å²) in [7, 11) is 3.29. The lowest BCUT2D eigenvalue weighted by molar-refractivity contribution is -0.132. The van der Waals surface area contributed by atoms with E-state index in [-0.39, 0.29) is 18.4 Å². The predicted octanol–water partition coefficient (Wildman–Crippen LogP) is 5.20. The molecule has 0 fully saturated rings. The second-order valence-electron chi connectivity index (χ2n) is 7.47. The van der Waals surface area contributed by atoms with E-state index >= 15 is 0 Å². The maximum Gasteiger partial charge on any atom is 0.260 e. The van der Waals surface area contributed by atoms with Crippen LogP contribution in [0.4, 0.5) is 5.69 Å². The molecule has 0 unspecified atom stereocenters. The Hall–Kier alpha value is -3.84. The summed E-state index contributed by atoms with van der Waals surface area (Å²) < 4.78 is 11.2. The van der Waals surface area contributed by atoms with E-state index in [9.17, 15) is 9.59 Å². The van der Waals surface area contributed by atoms with Gasteiger partial charge in [0.25, 0.3) is 11.8 Å². The van der Waals surface area contributed by atoms with Gasteiger partial charge >= 0.3 is 0 Å². The molecule has 4 aromatic rings. The van der Waals surface area contributed by atoms with Crippen molar-refractivity contribution in [2.24, 2.45) is 0 Å². The van der Waals surface area contributed by atoms with Gasteiger partial charge in [-0.3, -0.25) is 9.59 Å². The van der Waals surface area contributed by atoms with Crippen molar-refractivity contribution in [3.8, 4) is 11.5 Å². The van der Waals surface area contributed by atoms with Crippen LogP contribution in [0.2, 0.25) is 0 Å². The number of hydrogen-bond acceptors (Lipinski definition) is 5. The van der Waals surface area contributed by atoms with Crippen molar-refractivity contribution < 1.29 is 19.1 Å². The van der Waals surface area contributed by atoms with E-state index < -0.39 is 0 Å². The molecule has 2 amide bonds. The van der Waals surface area contributed by atoms with E-state index in [1.165, 1.54) is 0 Å². The van der Waals surface area contributed by atoms with Crippen LogP contribution in [0.1, 0.15) is 15.2 Å². The SMILES string of the molecule is COc1ccccc1NC(=O)c1cc2ccccc2cc1OCC(=O)N(C)Cc1cccs1. The smallest absolute Gasteiger partial charge is 0.260 e. The van der Waals surface area contributed by atoms with Gasteiger partial charge in [-0.1, -0.05) is 42.5 Å². The van der Waals surface area contributed by atoms with Crippen LogP contribution in [0.5, 0.6) is 11.5 Å². The van der Waals surface area contributed by atoms with Gasteiger partial charge in [0.2, 0.25) is 0 Å². The van der Waals surface area contributed by atoms with Gasteiger partial charge in [-0.15, -0.1) is 11.3 Å². The average molecular weight is 461 g/mol. The van der Waals surface area contributed by atoms with Crippen LogP contribution in [0.25, 0.3) is 10.8 Å². The number of hydrogen-bond donors (Lipinski definition) is 1.